The van der Waals surface area contributed by atoms with Crippen molar-refractivity contribution in [1.82, 2.24) is 24.8 Å². The van der Waals surface area contributed by atoms with Gasteiger partial charge in [0, 0.05) is 70.8 Å². The van der Waals surface area contributed by atoms with Gasteiger partial charge >= 0.3 is 6.18 Å². The highest BCUT2D eigenvalue weighted by Crippen LogP contribution is 2.30. The fourth-order valence-corrected chi connectivity index (χ4v) is 3.07. The Morgan fingerprint density at radius 1 is 1.11 bits per heavy atom. The molecule has 0 amide bonds. The average Bonchev–Trinajstić information content (AvgIpc) is 3.09. The SMILES string of the molecule is CN(C)c1ncc(CN2CCC(N(C)c3cc(C(F)(F)F)ncn3)C2)cn1. The van der Waals surface area contributed by atoms with E-state index in [1.165, 1.54) is 0 Å². The topological polar surface area (TPSA) is 61.3 Å². The van der Waals surface area contributed by atoms with E-state index < -0.39 is 11.9 Å². The third-order valence-corrected chi connectivity index (χ3v) is 4.60. The van der Waals surface area contributed by atoms with Gasteiger partial charge in [-0.25, -0.2) is 19.9 Å². The zero-order valence-electron chi connectivity index (χ0n) is 15.5. The molecule has 0 aromatic carbocycles. The molecule has 1 aliphatic heterocycles. The minimum atomic E-state index is -4.47. The number of alkyl halides is 3. The van der Waals surface area contributed by atoms with Crippen LogP contribution in [-0.4, -0.2) is 65.1 Å². The van der Waals surface area contributed by atoms with Crippen LogP contribution in [0.25, 0.3) is 0 Å². The maximum Gasteiger partial charge on any atom is 0.433 e. The number of anilines is 2. The van der Waals surface area contributed by atoms with Crippen LogP contribution in [0.1, 0.15) is 17.7 Å². The van der Waals surface area contributed by atoms with Crippen molar-refractivity contribution in [2.45, 2.75) is 25.2 Å². The Bertz CT molecular complexity index is 764. The molecule has 1 aliphatic rings. The number of likely N-dealkylation sites (tertiary alicyclic amines) is 1. The molecule has 3 rings (SSSR count). The van der Waals surface area contributed by atoms with Crippen LogP contribution in [0.5, 0.6) is 0 Å². The van der Waals surface area contributed by atoms with Crippen molar-refractivity contribution >= 4 is 11.8 Å². The summed E-state index contributed by atoms with van der Waals surface area (Å²) in [6.45, 7) is 2.29. The van der Waals surface area contributed by atoms with E-state index in [-0.39, 0.29) is 11.9 Å². The molecule has 1 unspecified atom stereocenters. The van der Waals surface area contributed by atoms with Gasteiger partial charge in [-0.05, 0) is 6.42 Å². The van der Waals surface area contributed by atoms with E-state index in [1.807, 2.05) is 19.0 Å². The second-order valence-corrected chi connectivity index (χ2v) is 6.83. The first-order chi connectivity index (χ1) is 12.7. The fraction of sp³-hybridized carbons (Fsp3) is 0.529. The number of likely N-dealkylation sites (N-methyl/N-ethyl adjacent to an activating group) is 1. The maximum atomic E-state index is 12.9. The van der Waals surface area contributed by atoms with E-state index in [4.69, 9.17) is 0 Å². The molecule has 1 saturated heterocycles. The fourth-order valence-electron chi connectivity index (χ4n) is 3.07. The van der Waals surface area contributed by atoms with Crippen molar-refractivity contribution in [2.75, 3.05) is 44.0 Å². The van der Waals surface area contributed by atoms with Gasteiger partial charge in [-0.3, -0.25) is 4.90 Å². The highest BCUT2D eigenvalue weighted by Gasteiger charge is 2.34. The highest BCUT2D eigenvalue weighted by molar-refractivity contribution is 5.40. The van der Waals surface area contributed by atoms with Crippen LogP contribution in [0, 0.1) is 0 Å². The summed E-state index contributed by atoms with van der Waals surface area (Å²) < 4.78 is 38.6. The van der Waals surface area contributed by atoms with Crippen molar-refractivity contribution in [1.29, 1.82) is 0 Å². The van der Waals surface area contributed by atoms with Crippen LogP contribution in [0.2, 0.25) is 0 Å². The summed E-state index contributed by atoms with van der Waals surface area (Å²) >= 11 is 0. The molecular formula is C17H22F3N7. The van der Waals surface area contributed by atoms with Crippen LogP contribution in [0.3, 0.4) is 0 Å². The van der Waals surface area contributed by atoms with Crippen molar-refractivity contribution in [3.8, 4) is 0 Å². The van der Waals surface area contributed by atoms with E-state index >= 15 is 0 Å². The van der Waals surface area contributed by atoms with E-state index in [9.17, 15) is 13.2 Å². The van der Waals surface area contributed by atoms with Gasteiger partial charge in [-0.15, -0.1) is 0 Å². The van der Waals surface area contributed by atoms with Gasteiger partial charge in [0.05, 0.1) is 0 Å². The summed E-state index contributed by atoms with van der Waals surface area (Å²) in [5.41, 5.74) is 0.0811. The van der Waals surface area contributed by atoms with Crippen LogP contribution >= 0.6 is 0 Å². The first-order valence-corrected chi connectivity index (χ1v) is 8.56. The van der Waals surface area contributed by atoms with Gasteiger partial charge in [-0.1, -0.05) is 0 Å². The van der Waals surface area contributed by atoms with Crippen molar-refractivity contribution in [3.05, 3.63) is 36.0 Å². The number of hydrogen-bond acceptors (Lipinski definition) is 7. The molecular weight excluding hydrogens is 359 g/mol. The van der Waals surface area contributed by atoms with Gasteiger partial charge in [0.15, 0.2) is 0 Å². The van der Waals surface area contributed by atoms with Crippen LogP contribution in [-0.2, 0) is 12.7 Å². The molecule has 0 bridgehead atoms. The Kier molecular flexibility index (Phi) is 5.45. The zero-order valence-corrected chi connectivity index (χ0v) is 15.5. The van der Waals surface area contributed by atoms with Crippen molar-refractivity contribution in [3.63, 3.8) is 0 Å². The molecule has 3 heterocycles. The number of halogens is 3. The number of nitrogens with zero attached hydrogens (tertiary/aromatic N) is 7. The van der Waals surface area contributed by atoms with E-state index in [0.717, 1.165) is 37.5 Å². The lowest BCUT2D eigenvalue weighted by molar-refractivity contribution is -0.141. The minimum absolute atomic E-state index is 0.0861. The second-order valence-electron chi connectivity index (χ2n) is 6.83. The Balaban J connectivity index is 1.62. The lowest BCUT2D eigenvalue weighted by Gasteiger charge is -2.26. The van der Waals surface area contributed by atoms with E-state index in [1.54, 1.807) is 24.3 Å². The first kappa shape index (κ1) is 19.3. The smallest absolute Gasteiger partial charge is 0.355 e. The molecule has 0 spiro atoms. The van der Waals surface area contributed by atoms with E-state index in [0.29, 0.717) is 12.5 Å². The number of rotatable bonds is 5. The first-order valence-electron chi connectivity index (χ1n) is 8.56. The highest BCUT2D eigenvalue weighted by atomic mass is 19.4. The Morgan fingerprint density at radius 3 is 2.44 bits per heavy atom. The summed E-state index contributed by atoms with van der Waals surface area (Å²) in [7, 11) is 5.53. The Labute approximate surface area is 155 Å². The molecule has 2 aromatic heterocycles. The van der Waals surface area contributed by atoms with Crippen LogP contribution < -0.4 is 9.80 Å². The summed E-state index contributed by atoms with van der Waals surface area (Å²) in [4.78, 5) is 21.8. The molecule has 146 valence electrons. The summed E-state index contributed by atoms with van der Waals surface area (Å²) in [5, 5.41) is 0. The normalized spacial score (nSPS) is 17.9. The molecule has 0 N–H and O–H groups in total. The predicted octanol–water partition coefficient (Wildman–Crippen LogP) is 2.06. The molecule has 2 aromatic rings. The van der Waals surface area contributed by atoms with Gasteiger partial charge < -0.3 is 9.80 Å². The molecule has 1 atom stereocenters. The third kappa shape index (κ3) is 4.62. The Hall–Kier alpha value is -2.49. The van der Waals surface area contributed by atoms with E-state index in [2.05, 4.69) is 24.8 Å². The monoisotopic (exact) mass is 381 g/mol. The second kappa shape index (κ2) is 7.63. The molecule has 0 aliphatic carbocycles. The lowest BCUT2D eigenvalue weighted by atomic mass is 10.2. The number of hydrogen-bond donors (Lipinski definition) is 0. The molecule has 0 saturated carbocycles. The van der Waals surface area contributed by atoms with Crippen LogP contribution in [0.4, 0.5) is 24.9 Å². The molecule has 27 heavy (non-hydrogen) atoms. The third-order valence-electron chi connectivity index (χ3n) is 4.60. The van der Waals surface area contributed by atoms with Gasteiger partial charge in [-0.2, -0.15) is 13.2 Å². The summed E-state index contributed by atoms with van der Waals surface area (Å²) in [5.74, 6) is 0.935. The Morgan fingerprint density at radius 2 is 1.81 bits per heavy atom. The average molecular weight is 381 g/mol. The zero-order chi connectivity index (χ0) is 19.6. The van der Waals surface area contributed by atoms with Crippen molar-refractivity contribution < 1.29 is 13.2 Å². The molecule has 7 nitrogen and oxygen atoms in total. The van der Waals surface area contributed by atoms with Crippen LogP contribution in [0.15, 0.2) is 24.8 Å². The molecule has 0 radical (unpaired) electrons. The largest absolute Gasteiger partial charge is 0.433 e. The summed E-state index contributed by atoms with van der Waals surface area (Å²) in [6, 6.07) is 1.08. The van der Waals surface area contributed by atoms with Crippen molar-refractivity contribution in [2.24, 2.45) is 0 Å². The minimum Gasteiger partial charge on any atom is -0.355 e. The summed E-state index contributed by atoms with van der Waals surface area (Å²) in [6.07, 6.45) is 0.946. The van der Waals surface area contributed by atoms with Gasteiger partial charge in [0.25, 0.3) is 0 Å². The standard InChI is InChI=1S/C17H22F3N7/c1-25(2)16-21-7-12(8-22-16)9-27-5-4-13(10-27)26(3)15-6-14(17(18,19)20)23-11-24-15/h6-8,11,13H,4-5,9-10H2,1-3H3. The quantitative estimate of drug-likeness (QED) is 0.786. The number of aromatic nitrogens is 4. The predicted molar refractivity (Wildman–Crippen MR) is 95.5 cm³/mol. The molecule has 1 fully saturated rings. The van der Waals surface area contributed by atoms with Gasteiger partial charge in [0.2, 0.25) is 5.95 Å². The maximum absolute atomic E-state index is 12.9. The molecule has 10 heteroatoms. The lowest BCUT2D eigenvalue weighted by Crippen LogP contribution is -2.35. The van der Waals surface area contributed by atoms with Gasteiger partial charge in [0.1, 0.15) is 17.8 Å².